The van der Waals surface area contributed by atoms with Crippen molar-refractivity contribution < 1.29 is 4.42 Å². The van der Waals surface area contributed by atoms with Gasteiger partial charge in [-0.25, -0.2) is 4.98 Å². The summed E-state index contributed by atoms with van der Waals surface area (Å²) in [5.74, 6) is 1.59. The van der Waals surface area contributed by atoms with E-state index in [9.17, 15) is 0 Å². The molecule has 1 atom stereocenters. The van der Waals surface area contributed by atoms with Crippen LogP contribution in [0.1, 0.15) is 19.2 Å². The molecule has 0 bridgehead atoms. The van der Waals surface area contributed by atoms with Gasteiger partial charge in [0.05, 0.1) is 12.7 Å². The van der Waals surface area contributed by atoms with Crippen molar-refractivity contribution in [2.45, 2.75) is 19.9 Å². The summed E-state index contributed by atoms with van der Waals surface area (Å²) in [5.41, 5.74) is 7.13. The first kappa shape index (κ1) is 14.8. The number of aromatic nitrogens is 1. The average molecular weight is 350 g/mol. The summed E-state index contributed by atoms with van der Waals surface area (Å²) in [6.07, 6.45) is 2.94. The molecule has 0 amide bonds. The van der Waals surface area contributed by atoms with Crippen molar-refractivity contribution in [3.63, 3.8) is 0 Å². The van der Waals surface area contributed by atoms with Crippen LogP contribution in [0.25, 0.3) is 11.3 Å². The Balaban J connectivity index is 1.67. The molecule has 1 aliphatic heterocycles. The molecule has 112 valence electrons. The lowest BCUT2D eigenvalue weighted by Gasteiger charge is -2.21. The molecule has 21 heavy (non-hydrogen) atoms. The van der Waals surface area contributed by atoms with Crippen LogP contribution < -0.4 is 5.73 Å². The zero-order valence-electron chi connectivity index (χ0n) is 12.2. The maximum atomic E-state index is 5.87. The first-order chi connectivity index (χ1) is 10.1. The number of rotatable bonds is 4. The average Bonchev–Trinajstić information content (AvgIpc) is 3.08. The van der Waals surface area contributed by atoms with Crippen molar-refractivity contribution in [3.8, 4) is 11.3 Å². The molecule has 4 nitrogen and oxygen atoms in total. The number of halogens is 1. The molecule has 3 rings (SSSR count). The lowest BCUT2D eigenvalue weighted by atomic mass is 9.90. The van der Waals surface area contributed by atoms with Crippen molar-refractivity contribution in [2.75, 3.05) is 19.6 Å². The minimum Gasteiger partial charge on any atom is -0.439 e. The maximum Gasteiger partial charge on any atom is 0.209 e. The summed E-state index contributed by atoms with van der Waals surface area (Å²) >= 11 is 3.44. The molecule has 5 heteroatoms. The Kier molecular flexibility index (Phi) is 4.15. The predicted octanol–water partition coefficient (Wildman–Crippen LogP) is 3.27. The zero-order chi connectivity index (χ0) is 14.9. The van der Waals surface area contributed by atoms with Crippen LogP contribution in [0.5, 0.6) is 0 Å². The van der Waals surface area contributed by atoms with Crippen LogP contribution in [0, 0.1) is 5.41 Å². The van der Waals surface area contributed by atoms with Gasteiger partial charge in [-0.15, -0.1) is 0 Å². The third-order valence-corrected chi connectivity index (χ3v) is 4.70. The van der Waals surface area contributed by atoms with E-state index >= 15 is 0 Å². The smallest absolute Gasteiger partial charge is 0.209 e. The molecule has 1 aromatic carbocycles. The van der Waals surface area contributed by atoms with E-state index in [4.69, 9.17) is 10.2 Å². The third-order valence-electron chi connectivity index (χ3n) is 4.17. The summed E-state index contributed by atoms with van der Waals surface area (Å²) in [6, 6.07) is 8.06. The molecule has 2 aromatic rings. The molecular weight excluding hydrogens is 330 g/mol. The fourth-order valence-electron chi connectivity index (χ4n) is 2.75. The Labute approximate surface area is 133 Å². The number of hydrogen-bond donors (Lipinski definition) is 1. The number of benzene rings is 1. The summed E-state index contributed by atoms with van der Waals surface area (Å²) in [5, 5.41) is 0. The monoisotopic (exact) mass is 349 g/mol. The van der Waals surface area contributed by atoms with Crippen LogP contribution in [0.3, 0.4) is 0 Å². The number of oxazole rings is 1. The van der Waals surface area contributed by atoms with Gasteiger partial charge < -0.3 is 10.2 Å². The summed E-state index contributed by atoms with van der Waals surface area (Å²) in [6.45, 7) is 5.81. The van der Waals surface area contributed by atoms with Crippen molar-refractivity contribution >= 4 is 15.9 Å². The van der Waals surface area contributed by atoms with E-state index in [2.05, 4.69) is 32.7 Å². The van der Waals surface area contributed by atoms with Crippen LogP contribution in [-0.2, 0) is 6.54 Å². The van der Waals surface area contributed by atoms with E-state index < -0.39 is 0 Å². The summed E-state index contributed by atoms with van der Waals surface area (Å²) in [7, 11) is 0. The quantitative estimate of drug-likeness (QED) is 0.920. The van der Waals surface area contributed by atoms with Gasteiger partial charge in [0, 0.05) is 16.6 Å². The van der Waals surface area contributed by atoms with Crippen LogP contribution >= 0.6 is 15.9 Å². The molecule has 1 saturated heterocycles. The second-order valence-corrected chi connectivity index (χ2v) is 7.02. The predicted molar refractivity (Wildman–Crippen MR) is 86.7 cm³/mol. The highest BCUT2D eigenvalue weighted by Gasteiger charge is 2.32. The second kappa shape index (κ2) is 5.91. The topological polar surface area (TPSA) is 55.3 Å². The van der Waals surface area contributed by atoms with Gasteiger partial charge in [-0.05, 0) is 37.1 Å². The van der Waals surface area contributed by atoms with E-state index in [-0.39, 0.29) is 5.41 Å². The standard InChI is InChI=1S/C16H20BrN3O/c1-16(10-18)6-7-20(11-16)9-15-19-8-14(21-15)12-2-4-13(17)5-3-12/h2-5,8H,6-7,9-11,18H2,1H3. The SMILES string of the molecule is CC1(CN)CCN(Cc2ncc(-c3ccc(Br)cc3)o2)C1. The molecule has 1 fully saturated rings. The number of nitrogens with two attached hydrogens (primary N) is 1. The Morgan fingerprint density at radius 2 is 2.14 bits per heavy atom. The normalized spacial score (nSPS) is 22.8. The third kappa shape index (κ3) is 3.36. The van der Waals surface area contributed by atoms with Crippen molar-refractivity contribution in [1.29, 1.82) is 0 Å². The highest BCUT2D eigenvalue weighted by Crippen LogP contribution is 2.30. The number of likely N-dealkylation sites (tertiary alicyclic amines) is 1. The summed E-state index contributed by atoms with van der Waals surface area (Å²) in [4.78, 5) is 6.77. The van der Waals surface area contributed by atoms with Gasteiger partial charge in [0.25, 0.3) is 0 Å². The van der Waals surface area contributed by atoms with Crippen molar-refractivity contribution in [2.24, 2.45) is 11.1 Å². The van der Waals surface area contributed by atoms with E-state index in [1.54, 1.807) is 6.20 Å². The minimum atomic E-state index is 0.237. The van der Waals surface area contributed by atoms with Crippen molar-refractivity contribution in [1.82, 2.24) is 9.88 Å². The second-order valence-electron chi connectivity index (χ2n) is 6.10. The molecule has 1 aliphatic rings. The zero-order valence-corrected chi connectivity index (χ0v) is 13.8. The minimum absolute atomic E-state index is 0.237. The first-order valence-corrected chi connectivity index (χ1v) is 8.00. The van der Waals surface area contributed by atoms with Gasteiger partial charge >= 0.3 is 0 Å². The molecule has 1 aromatic heterocycles. The maximum absolute atomic E-state index is 5.87. The Hall–Kier alpha value is -1.17. The van der Waals surface area contributed by atoms with Crippen LogP contribution in [-0.4, -0.2) is 29.5 Å². The van der Waals surface area contributed by atoms with Gasteiger partial charge in [-0.1, -0.05) is 35.0 Å². The van der Waals surface area contributed by atoms with E-state index in [0.29, 0.717) is 0 Å². The lowest BCUT2D eigenvalue weighted by Crippen LogP contribution is -2.31. The highest BCUT2D eigenvalue weighted by atomic mass is 79.9. The molecule has 1 unspecified atom stereocenters. The fraction of sp³-hybridized carbons (Fsp3) is 0.438. The highest BCUT2D eigenvalue weighted by molar-refractivity contribution is 9.10. The van der Waals surface area contributed by atoms with E-state index in [1.165, 1.54) is 0 Å². The van der Waals surface area contributed by atoms with Gasteiger partial charge in [0.1, 0.15) is 0 Å². The summed E-state index contributed by atoms with van der Waals surface area (Å²) < 4.78 is 6.93. The van der Waals surface area contributed by atoms with Crippen LogP contribution in [0.15, 0.2) is 39.4 Å². The van der Waals surface area contributed by atoms with E-state index in [1.807, 2.05) is 24.3 Å². The Bertz CT molecular complexity index is 610. The molecule has 0 aliphatic carbocycles. The van der Waals surface area contributed by atoms with Gasteiger partial charge in [-0.2, -0.15) is 0 Å². The Morgan fingerprint density at radius 1 is 1.38 bits per heavy atom. The molecule has 2 heterocycles. The number of nitrogens with zero attached hydrogens (tertiary/aromatic N) is 2. The largest absolute Gasteiger partial charge is 0.439 e. The molecule has 0 saturated carbocycles. The van der Waals surface area contributed by atoms with Gasteiger partial charge in [-0.3, -0.25) is 4.90 Å². The van der Waals surface area contributed by atoms with Crippen molar-refractivity contribution in [3.05, 3.63) is 40.8 Å². The van der Waals surface area contributed by atoms with Crippen LogP contribution in [0.2, 0.25) is 0 Å². The van der Waals surface area contributed by atoms with E-state index in [0.717, 1.165) is 54.3 Å². The molecular formula is C16H20BrN3O. The lowest BCUT2D eigenvalue weighted by molar-refractivity contribution is 0.252. The molecule has 0 radical (unpaired) electrons. The fourth-order valence-corrected chi connectivity index (χ4v) is 3.01. The van der Waals surface area contributed by atoms with Gasteiger partial charge in [0.15, 0.2) is 5.76 Å². The number of hydrogen-bond acceptors (Lipinski definition) is 4. The molecule has 2 N–H and O–H groups in total. The van der Waals surface area contributed by atoms with Gasteiger partial charge in [0.2, 0.25) is 5.89 Å². The van der Waals surface area contributed by atoms with Crippen LogP contribution in [0.4, 0.5) is 0 Å². The molecule has 0 spiro atoms. The Morgan fingerprint density at radius 3 is 2.81 bits per heavy atom. The first-order valence-electron chi connectivity index (χ1n) is 7.21.